The summed E-state index contributed by atoms with van der Waals surface area (Å²) in [5.74, 6) is 1.15. The fourth-order valence-corrected chi connectivity index (χ4v) is 4.63. The first-order valence-corrected chi connectivity index (χ1v) is 9.57. The molecule has 1 heterocycles. The summed E-state index contributed by atoms with van der Waals surface area (Å²) in [5.41, 5.74) is 1.02. The zero-order chi connectivity index (χ0) is 16.3. The van der Waals surface area contributed by atoms with Gasteiger partial charge in [-0.3, -0.25) is 0 Å². The smallest absolute Gasteiger partial charge is 0.246 e. The van der Waals surface area contributed by atoms with Gasteiger partial charge in [-0.15, -0.1) is 0 Å². The van der Waals surface area contributed by atoms with E-state index in [0.717, 1.165) is 18.4 Å². The van der Waals surface area contributed by atoms with Gasteiger partial charge in [0.1, 0.15) is 10.6 Å². The topological polar surface area (TPSA) is 46.6 Å². The van der Waals surface area contributed by atoms with Gasteiger partial charge >= 0.3 is 0 Å². The molecule has 1 saturated heterocycles. The Morgan fingerprint density at radius 1 is 1.36 bits per heavy atom. The highest BCUT2D eigenvalue weighted by Crippen LogP contribution is 2.32. The van der Waals surface area contributed by atoms with Crippen LogP contribution in [0.2, 0.25) is 0 Å². The lowest BCUT2D eigenvalue weighted by Gasteiger charge is -2.30. The van der Waals surface area contributed by atoms with Crippen LogP contribution in [0.25, 0.3) is 0 Å². The lowest BCUT2D eigenvalue weighted by Crippen LogP contribution is -2.39. The standard InChI is InChI=1S/C17H27NO3S/c1-5-21-16-9-8-15(13(2)3)11-17(16)22(19,20)18-10-6-7-14(4)12-18/h8-9,11,13-14H,5-7,10,12H2,1-4H3/t14-/m1/s1. The fourth-order valence-electron chi connectivity index (χ4n) is 2.86. The molecule has 0 radical (unpaired) electrons. The Bertz CT molecular complexity index is 610. The predicted molar refractivity (Wildman–Crippen MR) is 88.9 cm³/mol. The molecular formula is C17H27NO3S. The summed E-state index contributed by atoms with van der Waals surface area (Å²) in [6.45, 7) is 9.76. The van der Waals surface area contributed by atoms with Gasteiger partial charge in [0.15, 0.2) is 0 Å². The minimum Gasteiger partial charge on any atom is -0.492 e. The summed E-state index contributed by atoms with van der Waals surface area (Å²) in [6, 6.07) is 5.52. The molecule has 1 aromatic carbocycles. The van der Waals surface area contributed by atoms with Crippen molar-refractivity contribution in [3.05, 3.63) is 23.8 Å². The normalized spacial score (nSPS) is 20.3. The van der Waals surface area contributed by atoms with E-state index in [4.69, 9.17) is 4.74 Å². The van der Waals surface area contributed by atoms with Crippen LogP contribution >= 0.6 is 0 Å². The Balaban J connectivity index is 2.45. The molecule has 1 aliphatic rings. The molecule has 1 aliphatic heterocycles. The lowest BCUT2D eigenvalue weighted by molar-refractivity contribution is 0.278. The van der Waals surface area contributed by atoms with Gasteiger partial charge in [-0.2, -0.15) is 4.31 Å². The number of rotatable bonds is 5. The van der Waals surface area contributed by atoms with Crippen molar-refractivity contribution >= 4 is 10.0 Å². The SMILES string of the molecule is CCOc1ccc(C(C)C)cc1S(=O)(=O)N1CCC[C@@H](C)C1. The minimum absolute atomic E-state index is 0.282. The molecule has 0 saturated carbocycles. The summed E-state index contributed by atoms with van der Waals surface area (Å²) >= 11 is 0. The summed E-state index contributed by atoms with van der Waals surface area (Å²) in [4.78, 5) is 0.314. The van der Waals surface area contributed by atoms with Crippen LogP contribution in [0, 0.1) is 5.92 Å². The first-order chi connectivity index (χ1) is 10.4. The van der Waals surface area contributed by atoms with Gasteiger partial charge in [0.2, 0.25) is 10.0 Å². The Labute approximate surface area is 134 Å². The molecule has 0 aliphatic carbocycles. The van der Waals surface area contributed by atoms with E-state index in [2.05, 4.69) is 20.8 Å². The van der Waals surface area contributed by atoms with Gasteiger partial charge < -0.3 is 4.74 Å². The molecule has 0 N–H and O–H groups in total. The molecule has 0 bridgehead atoms. The fraction of sp³-hybridized carbons (Fsp3) is 0.647. The van der Waals surface area contributed by atoms with Crippen molar-refractivity contribution in [3.8, 4) is 5.75 Å². The summed E-state index contributed by atoms with van der Waals surface area (Å²) in [6.07, 6.45) is 2.02. The molecule has 4 nitrogen and oxygen atoms in total. The molecule has 124 valence electrons. The van der Waals surface area contributed by atoms with E-state index in [0.29, 0.717) is 36.3 Å². The van der Waals surface area contributed by atoms with Gasteiger partial charge in [0.25, 0.3) is 0 Å². The number of benzene rings is 1. The molecule has 1 aromatic rings. The zero-order valence-electron chi connectivity index (χ0n) is 14.0. The van der Waals surface area contributed by atoms with E-state index in [9.17, 15) is 8.42 Å². The van der Waals surface area contributed by atoms with E-state index in [-0.39, 0.29) is 5.92 Å². The minimum atomic E-state index is -3.50. The lowest BCUT2D eigenvalue weighted by atomic mass is 10.0. The highest BCUT2D eigenvalue weighted by Gasteiger charge is 2.31. The molecule has 0 unspecified atom stereocenters. The van der Waals surface area contributed by atoms with Crippen molar-refractivity contribution in [3.63, 3.8) is 0 Å². The quantitative estimate of drug-likeness (QED) is 0.830. The largest absolute Gasteiger partial charge is 0.492 e. The maximum Gasteiger partial charge on any atom is 0.246 e. The second kappa shape index (κ2) is 7.01. The number of sulfonamides is 1. The number of piperidine rings is 1. The Kier molecular flexibility index (Phi) is 5.50. The monoisotopic (exact) mass is 325 g/mol. The van der Waals surface area contributed by atoms with Crippen molar-refractivity contribution in [2.24, 2.45) is 5.92 Å². The Hall–Kier alpha value is -1.07. The first kappa shape index (κ1) is 17.3. The van der Waals surface area contributed by atoms with Gasteiger partial charge in [0.05, 0.1) is 6.61 Å². The van der Waals surface area contributed by atoms with Gasteiger partial charge in [-0.1, -0.05) is 26.8 Å². The van der Waals surface area contributed by atoms with Crippen LogP contribution in [0.4, 0.5) is 0 Å². The third-order valence-electron chi connectivity index (χ3n) is 4.17. The number of ether oxygens (including phenoxy) is 1. The molecule has 0 spiro atoms. The number of hydrogen-bond donors (Lipinski definition) is 0. The van der Waals surface area contributed by atoms with Gasteiger partial charge in [-0.25, -0.2) is 8.42 Å². The van der Waals surface area contributed by atoms with Crippen molar-refractivity contribution in [2.75, 3.05) is 19.7 Å². The van der Waals surface area contributed by atoms with Crippen molar-refractivity contribution in [1.29, 1.82) is 0 Å². The van der Waals surface area contributed by atoms with Crippen molar-refractivity contribution in [1.82, 2.24) is 4.31 Å². The van der Waals surface area contributed by atoms with Crippen molar-refractivity contribution < 1.29 is 13.2 Å². The average molecular weight is 325 g/mol. The van der Waals surface area contributed by atoms with Crippen LogP contribution in [0.1, 0.15) is 52.0 Å². The van der Waals surface area contributed by atoms with E-state index in [1.54, 1.807) is 16.4 Å². The van der Waals surface area contributed by atoms with Crippen LogP contribution < -0.4 is 4.74 Å². The second-order valence-corrected chi connectivity index (χ2v) is 8.31. The van der Waals surface area contributed by atoms with Gasteiger partial charge in [0, 0.05) is 13.1 Å². The molecule has 1 fully saturated rings. The number of hydrogen-bond acceptors (Lipinski definition) is 3. The van der Waals surface area contributed by atoms with Crippen LogP contribution in [-0.2, 0) is 10.0 Å². The first-order valence-electron chi connectivity index (χ1n) is 8.13. The van der Waals surface area contributed by atoms with E-state index < -0.39 is 10.0 Å². The van der Waals surface area contributed by atoms with Crippen LogP contribution in [0.3, 0.4) is 0 Å². The summed E-state index contributed by atoms with van der Waals surface area (Å²) < 4.78 is 33.3. The number of nitrogens with zero attached hydrogens (tertiary/aromatic N) is 1. The molecule has 2 rings (SSSR count). The predicted octanol–water partition coefficient (Wildman–Crippen LogP) is 3.63. The summed E-state index contributed by atoms with van der Waals surface area (Å²) in [5, 5.41) is 0. The maximum absolute atomic E-state index is 13.0. The third-order valence-corrected chi connectivity index (χ3v) is 6.06. The molecule has 5 heteroatoms. The van der Waals surface area contributed by atoms with Gasteiger partial charge in [-0.05, 0) is 49.3 Å². The van der Waals surface area contributed by atoms with Crippen molar-refractivity contribution in [2.45, 2.75) is 51.3 Å². The Morgan fingerprint density at radius 3 is 2.68 bits per heavy atom. The van der Waals surface area contributed by atoms with Crippen LogP contribution in [0.5, 0.6) is 5.75 Å². The third kappa shape index (κ3) is 3.63. The van der Waals surface area contributed by atoms with E-state index in [1.165, 1.54) is 0 Å². The van der Waals surface area contributed by atoms with Crippen LogP contribution in [0.15, 0.2) is 23.1 Å². The van der Waals surface area contributed by atoms with Crippen LogP contribution in [-0.4, -0.2) is 32.4 Å². The van der Waals surface area contributed by atoms with E-state index in [1.807, 2.05) is 13.0 Å². The average Bonchev–Trinajstić information content (AvgIpc) is 2.47. The molecular weight excluding hydrogens is 298 g/mol. The molecule has 0 aromatic heterocycles. The molecule has 1 atom stereocenters. The summed E-state index contributed by atoms with van der Waals surface area (Å²) in [7, 11) is -3.50. The molecule has 0 amide bonds. The molecule has 22 heavy (non-hydrogen) atoms. The highest BCUT2D eigenvalue weighted by atomic mass is 32.2. The highest BCUT2D eigenvalue weighted by molar-refractivity contribution is 7.89. The second-order valence-electron chi connectivity index (χ2n) is 6.40. The van der Waals surface area contributed by atoms with E-state index >= 15 is 0 Å². The Morgan fingerprint density at radius 2 is 2.09 bits per heavy atom. The maximum atomic E-state index is 13.0. The zero-order valence-corrected chi connectivity index (χ0v) is 14.8.